The lowest BCUT2D eigenvalue weighted by atomic mass is 10.2. The van der Waals surface area contributed by atoms with Gasteiger partial charge in [-0.15, -0.1) is 0 Å². The van der Waals surface area contributed by atoms with Crippen LogP contribution in [0.3, 0.4) is 0 Å². The van der Waals surface area contributed by atoms with Crippen LogP contribution in [-0.4, -0.2) is 31.6 Å². The molecule has 0 atom stereocenters. The SMILES string of the molecule is O=C(Nc1ccc2c(c1)N(CCCCOc1ccc(Cl)cc1)C(=O)CO2)C1CC1. The molecule has 29 heavy (non-hydrogen) atoms. The third kappa shape index (κ3) is 5.01. The van der Waals surface area contributed by atoms with Gasteiger partial charge in [0.05, 0.1) is 12.3 Å². The molecule has 1 fully saturated rings. The number of halogens is 1. The van der Waals surface area contributed by atoms with Gasteiger partial charge in [0, 0.05) is 23.2 Å². The molecule has 2 aromatic carbocycles. The minimum absolute atomic E-state index is 0.0298. The van der Waals surface area contributed by atoms with Crippen molar-refractivity contribution < 1.29 is 19.1 Å². The summed E-state index contributed by atoms with van der Waals surface area (Å²) in [5, 5.41) is 3.60. The molecular weight excluding hydrogens is 392 g/mol. The van der Waals surface area contributed by atoms with Crippen molar-refractivity contribution in [2.45, 2.75) is 25.7 Å². The molecule has 0 aromatic heterocycles. The number of anilines is 2. The van der Waals surface area contributed by atoms with Crippen LogP contribution < -0.4 is 19.7 Å². The standard InChI is InChI=1S/C22H23ClN2O4/c23-16-5-8-18(9-6-16)28-12-2-1-11-25-19-13-17(24-22(27)15-3-4-15)7-10-20(19)29-14-21(25)26/h5-10,13,15H,1-4,11-12,14H2,(H,24,27). The van der Waals surface area contributed by atoms with Crippen molar-refractivity contribution in [2.75, 3.05) is 30.0 Å². The molecule has 1 N–H and O–H groups in total. The highest BCUT2D eigenvalue weighted by Crippen LogP contribution is 2.36. The zero-order chi connectivity index (χ0) is 20.2. The smallest absolute Gasteiger partial charge is 0.265 e. The largest absolute Gasteiger partial charge is 0.494 e. The molecule has 2 aliphatic rings. The van der Waals surface area contributed by atoms with E-state index in [2.05, 4.69) is 5.32 Å². The molecule has 1 aliphatic heterocycles. The number of ether oxygens (including phenoxy) is 2. The van der Waals surface area contributed by atoms with Gasteiger partial charge in [-0.2, -0.15) is 0 Å². The molecule has 2 aromatic rings. The molecule has 1 heterocycles. The molecular formula is C22H23ClN2O4. The summed E-state index contributed by atoms with van der Waals surface area (Å²) in [6, 6.07) is 12.7. The number of rotatable bonds is 8. The van der Waals surface area contributed by atoms with Gasteiger partial charge in [-0.05, 0) is 68.1 Å². The highest BCUT2D eigenvalue weighted by atomic mass is 35.5. The lowest BCUT2D eigenvalue weighted by molar-refractivity contribution is -0.121. The minimum atomic E-state index is -0.0817. The van der Waals surface area contributed by atoms with Crippen LogP contribution in [-0.2, 0) is 9.59 Å². The second-order valence-electron chi connectivity index (χ2n) is 7.29. The van der Waals surface area contributed by atoms with E-state index in [-0.39, 0.29) is 24.3 Å². The van der Waals surface area contributed by atoms with Gasteiger partial charge in [-0.25, -0.2) is 0 Å². The highest BCUT2D eigenvalue weighted by molar-refractivity contribution is 6.30. The van der Waals surface area contributed by atoms with Crippen LogP contribution in [0.25, 0.3) is 0 Å². The Hall–Kier alpha value is -2.73. The van der Waals surface area contributed by atoms with Crippen molar-refractivity contribution in [2.24, 2.45) is 5.92 Å². The first-order valence-corrected chi connectivity index (χ1v) is 10.2. The summed E-state index contributed by atoms with van der Waals surface area (Å²) < 4.78 is 11.2. The number of carbonyl (C=O) groups is 2. The Labute approximate surface area is 174 Å². The summed E-state index contributed by atoms with van der Waals surface area (Å²) >= 11 is 5.87. The van der Waals surface area contributed by atoms with Gasteiger partial charge in [-0.1, -0.05) is 11.6 Å². The van der Waals surface area contributed by atoms with Gasteiger partial charge >= 0.3 is 0 Å². The Morgan fingerprint density at radius 2 is 1.97 bits per heavy atom. The number of carbonyl (C=O) groups excluding carboxylic acids is 2. The average Bonchev–Trinajstić information content (AvgIpc) is 3.56. The van der Waals surface area contributed by atoms with E-state index in [1.165, 1.54) is 0 Å². The van der Waals surface area contributed by atoms with E-state index in [9.17, 15) is 9.59 Å². The maximum Gasteiger partial charge on any atom is 0.265 e. The molecule has 7 heteroatoms. The van der Waals surface area contributed by atoms with Gasteiger partial charge in [0.15, 0.2) is 6.61 Å². The lowest BCUT2D eigenvalue weighted by Crippen LogP contribution is -2.39. The zero-order valence-electron chi connectivity index (χ0n) is 16.0. The van der Waals surface area contributed by atoms with Gasteiger partial charge < -0.3 is 19.7 Å². The molecule has 2 amide bonds. The van der Waals surface area contributed by atoms with E-state index in [4.69, 9.17) is 21.1 Å². The van der Waals surface area contributed by atoms with Crippen molar-refractivity contribution in [3.63, 3.8) is 0 Å². The van der Waals surface area contributed by atoms with Gasteiger partial charge in [0.2, 0.25) is 5.91 Å². The number of benzene rings is 2. The van der Waals surface area contributed by atoms with E-state index in [0.29, 0.717) is 35.3 Å². The van der Waals surface area contributed by atoms with Crippen LogP contribution >= 0.6 is 11.6 Å². The zero-order valence-corrected chi connectivity index (χ0v) is 16.8. The molecule has 6 nitrogen and oxygen atoms in total. The second-order valence-corrected chi connectivity index (χ2v) is 7.73. The first-order chi connectivity index (χ1) is 14.1. The second kappa shape index (κ2) is 8.74. The third-order valence-electron chi connectivity index (χ3n) is 4.98. The maximum absolute atomic E-state index is 12.4. The van der Waals surface area contributed by atoms with Crippen molar-refractivity contribution in [3.05, 3.63) is 47.5 Å². The predicted molar refractivity (Wildman–Crippen MR) is 112 cm³/mol. The summed E-state index contributed by atoms with van der Waals surface area (Å²) in [7, 11) is 0. The van der Waals surface area contributed by atoms with E-state index in [1.54, 1.807) is 23.1 Å². The van der Waals surface area contributed by atoms with Crippen LogP contribution in [0.4, 0.5) is 11.4 Å². The van der Waals surface area contributed by atoms with Crippen LogP contribution in [0.5, 0.6) is 11.5 Å². The molecule has 0 spiro atoms. The Morgan fingerprint density at radius 1 is 1.17 bits per heavy atom. The Balaban J connectivity index is 1.33. The monoisotopic (exact) mass is 414 g/mol. The maximum atomic E-state index is 12.4. The van der Waals surface area contributed by atoms with E-state index in [1.807, 2.05) is 24.3 Å². The number of fused-ring (bicyclic) bond motifs is 1. The van der Waals surface area contributed by atoms with Gasteiger partial charge in [-0.3, -0.25) is 9.59 Å². The lowest BCUT2D eigenvalue weighted by Gasteiger charge is -2.30. The van der Waals surface area contributed by atoms with E-state index >= 15 is 0 Å². The summed E-state index contributed by atoms with van der Waals surface area (Å²) in [6.45, 7) is 1.16. The Bertz CT molecular complexity index is 896. The van der Waals surface area contributed by atoms with Gasteiger partial charge in [0.1, 0.15) is 11.5 Å². The van der Waals surface area contributed by atoms with Crippen molar-refractivity contribution in [3.8, 4) is 11.5 Å². The normalized spacial score (nSPS) is 15.5. The molecule has 1 aliphatic carbocycles. The summed E-state index contributed by atoms with van der Waals surface area (Å²) in [4.78, 5) is 26.1. The molecule has 0 bridgehead atoms. The van der Waals surface area contributed by atoms with Gasteiger partial charge in [0.25, 0.3) is 5.91 Å². The number of unbranched alkanes of at least 4 members (excludes halogenated alkanes) is 1. The summed E-state index contributed by atoms with van der Waals surface area (Å²) in [5.74, 6) is 1.52. The highest BCUT2D eigenvalue weighted by Gasteiger charge is 2.30. The molecule has 0 saturated heterocycles. The average molecular weight is 415 g/mol. The van der Waals surface area contributed by atoms with E-state index in [0.717, 1.165) is 31.4 Å². The van der Waals surface area contributed by atoms with Crippen LogP contribution in [0, 0.1) is 5.92 Å². The fourth-order valence-corrected chi connectivity index (χ4v) is 3.33. The first-order valence-electron chi connectivity index (χ1n) is 9.86. The van der Waals surface area contributed by atoms with Crippen molar-refractivity contribution in [1.29, 1.82) is 0 Å². The minimum Gasteiger partial charge on any atom is -0.494 e. The number of nitrogens with one attached hydrogen (secondary N) is 1. The Kier molecular flexibility index (Phi) is 5.90. The van der Waals surface area contributed by atoms with Crippen LogP contribution in [0.1, 0.15) is 25.7 Å². The summed E-state index contributed by atoms with van der Waals surface area (Å²) in [5.41, 5.74) is 1.39. The molecule has 0 radical (unpaired) electrons. The topological polar surface area (TPSA) is 67.9 Å². The quantitative estimate of drug-likeness (QED) is 0.655. The molecule has 152 valence electrons. The van der Waals surface area contributed by atoms with Crippen molar-refractivity contribution >= 4 is 34.8 Å². The number of nitrogens with zero attached hydrogens (tertiary/aromatic N) is 1. The third-order valence-corrected chi connectivity index (χ3v) is 5.23. The summed E-state index contributed by atoms with van der Waals surface area (Å²) in [6.07, 6.45) is 3.49. The van der Waals surface area contributed by atoms with E-state index < -0.39 is 0 Å². The number of amides is 2. The number of hydrogen-bond donors (Lipinski definition) is 1. The fourth-order valence-electron chi connectivity index (χ4n) is 3.21. The Morgan fingerprint density at radius 3 is 2.72 bits per heavy atom. The molecule has 0 unspecified atom stereocenters. The predicted octanol–water partition coefficient (Wildman–Crippen LogP) is 4.27. The number of hydrogen-bond acceptors (Lipinski definition) is 4. The fraction of sp³-hybridized carbons (Fsp3) is 0.364. The van der Waals surface area contributed by atoms with Crippen LogP contribution in [0.15, 0.2) is 42.5 Å². The van der Waals surface area contributed by atoms with Crippen molar-refractivity contribution in [1.82, 2.24) is 0 Å². The molecule has 1 saturated carbocycles. The molecule has 4 rings (SSSR count). The first kappa shape index (κ1) is 19.6. The van der Waals surface area contributed by atoms with Crippen LogP contribution in [0.2, 0.25) is 5.02 Å².